The van der Waals surface area contributed by atoms with Crippen LogP contribution in [0.4, 0.5) is 4.39 Å². The lowest BCUT2D eigenvalue weighted by Crippen LogP contribution is -2.19. The van der Waals surface area contributed by atoms with Gasteiger partial charge in [-0.3, -0.25) is 0 Å². The molecule has 0 fully saturated rings. The number of benzene rings is 1. The number of hydrogen-bond donors (Lipinski definition) is 1. The molecule has 1 aromatic carbocycles. The molecule has 0 aliphatic rings. The van der Waals surface area contributed by atoms with Gasteiger partial charge in [-0.25, -0.2) is 14.4 Å². The van der Waals surface area contributed by atoms with E-state index in [0.29, 0.717) is 24.5 Å². The van der Waals surface area contributed by atoms with Crippen LogP contribution in [0.1, 0.15) is 5.69 Å². The first kappa shape index (κ1) is 14.8. The second-order valence-electron chi connectivity index (χ2n) is 4.17. The molecule has 1 aromatic heterocycles. The Balaban J connectivity index is 2.10. The minimum Gasteiger partial charge on any atom is -0.383 e. The molecular weight excluding hydrogens is 281 g/mol. The maximum absolute atomic E-state index is 13.1. The Hall–Kier alpha value is -1.56. The summed E-state index contributed by atoms with van der Waals surface area (Å²) in [6.07, 6.45) is 1.67. The lowest BCUT2D eigenvalue weighted by molar-refractivity contribution is 0.199. The standard InChI is InChI=1S/C14H15ClFN3O/c1-20-7-6-17-9-11-4-5-18-14(19-11)10-2-3-13(16)12(15)8-10/h2-5,8,17H,6-7,9H2,1H3. The van der Waals surface area contributed by atoms with Crippen LogP contribution in [0.15, 0.2) is 30.5 Å². The molecular formula is C14H15ClFN3O. The Bertz CT molecular complexity index is 580. The fourth-order valence-electron chi connectivity index (χ4n) is 1.66. The second kappa shape index (κ2) is 7.28. The zero-order valence-corrected chi connectivity index (χ0v) is 11.8. The lowest BCUT2D eigenvalue weighted by atomic mass is 10.2. The molecule has 0 aliphatic heterocycles. The number of ether oxygens (including phenoxy) is 1. The van der Waals surface area contributed by atoms with Gasteiger partial charge in [-0.05, 0) is 24.3 Å². The molecule has 0 aliphatic carbocycles. The van der Waals surface area contributed by atoms with Crippen molar-refractivity contribution in [2.75, 3.05) is 20.3 Å². The normalized spacial score (nSPS) is 10.8. The maximum atomic E-state index is 13.1. The SMILES string of the molecule is COCCNCc1ccnc(-c2ccc(F)c(Cl)c2)n1. The number of rotatable bonds is 6. The highest BCUT2D eigenvalue weighted by Gasteiger charge is 2.06. The van der Waals surface area contributed by atoms with Crippen molar-refractivity contribution in [2.24, 2.45) is 0 Å². The molecule has 1 N–H and O–H groups in total. The van der Waals surface area contributed by atoms with Gasteiger partial charge in [0, 0.05) is 32.0 Å². The summed E-state index contributed by atoms with van der Waals surface area (Å²) < 4.78 is 18.1. The summed E-state index contributed by atoms with van der Waals surface area (Å²) in [6, 6.07) is 6.27. The second-order valence-corrected chi connectivity index (χ2v) is 4.58. The van der Waals surface area contributed by atoms with E-state index >= 15 is 0 Å². The minimum atomic E-state index is -0.451. The molecule has 2 aromatic rings. The van der Waals surface area contributed by atoms with E-state index in [4.69, 9.17) is 16.3 Å². The van der Waals surface area contributed by atoms with Crippen LogP contribution in [-0.4, -0.2) is 30.2 Å². The predicted molar refractivity (Wildman–Crippen MR) is 76.0 cm³/mol. The zero-order chi connectivity index (χ0) is 14.4. The molecule has 0 unspecified atom stereocenters. The van der Waals surface area contributed by atoms with Crippen molar-refractivity contribution in [1.82, 2.24) is 15.3 Å². The maximum Gasteiger partial charge on any atom is 0.159 e. The van der Waals surface area contributed by atoms with Crippen LogP contribution in [-0.2, 0) is 11.3 Å². The van der Waals surface area contributed by atoms with Crippen LogP contribution in [0.2, 0.25) is 5.02 Å². The average Bonchev–Trinajstić information content (AvgIpc) is 2.47. The van der Waals surface area contributed by atoms with Crippen molar-refractivity contribution >= 4 is 11.6 Å². The van der Waals surface area contributed by atoms with Gasteiger partial charge in [-0.2, -0.15) is 0 Å². The highest BCUT2D eigenvalue weighted by molar-refractivity contribution is 6.31. The van der Waals surface area contributed by atoms with Gasteiger partial charge in [-0.15, -0.1) is 0 Å². The first-order chi connectivity index (χ1) is 9.70. The number of halogens is 2. The lowest BCUT2D eigenvalue weighted by Gasteiger charge is -2.06. The Morgan fingerprint density at radius 3 is 2.95 bits per heavy atom. The summed E-state index contributed by atoms with van der Waals surface area (Å²) in [6.45, 7) is 2.01. The highest BCUT2D eigenvalue weighted by Crippen LogP contribution is 2.22. The van der Waals surface area contributed by atoms with Crippen molar-refractivity contribution in [1.29, 1.82) is 0 Å². The molecule has 0 bridgehead atoms. The van der Waals surface area contributed by atoms with E-state index in [0.717, 1.165) is 12.2 Å². The summed E-state index contributed by atoms with van der Waals surface area (Å²) in [5.74, 6) is 0.0748. The smallest absolute Gasteiger partial charge is 0.159 e. The van der Waals surface area contributed by atoms with E-state index in [9.17, 15) is 4.39 Å². The molecule has 0 saturated heterocycles. The van der Waals surface area contributed by atoms with E-state index in [2.05, 4.69) is 15.3 Å². The molecule has 4 nitrogen and oxygen atoms in total. The van der Waals surface area contributed by atoms with Crippen LogP contribution in [0.5, 0.6) is 0 Å². The van der Waals surface area contributed by atoms with E-state index in [1.54, 1.807) is 19.4 Å². The highest BCUT2D eigenvalue weighted by atomic mass is 35.5. The van der Waals surface area contributed by atoms with Crippen LogP contribution in [0, 0.1) is 5.82 Å². The van der Waals surface area contributed by atoms with Gasteiger partial charge in [0.15, 0.2) is 5.82 Å². The molecule has 0 spiro atoms. The Morgan fingerprint density at radius 2 is 2.20 bits per heavy atom. The van der Waals surface area contributed by atoms with E-state index < -0.39 is 5.82 Å². The van der Waals surface area contributed by atoms with Crippen molar-refractivity contribution in [2.45, 2.75) is 6.54 Å². The van der Waals surface area contributed by atoms with Gasteiger partial charge in [0.25, 0.3) is 0 Å². The number of methoxy groups -OCH3 is 1. The average molecular weight is 296 g/mol. The molecule has 0 saturated carbocycles. The van der Waals surface area contributed by atoms with Crippen molar-refractivity contribution in [3.05, 3.63) is 47.0 Å². The largest absolute Gasteiger partial charge is 0.383 e. The summed E-state index contributed by atoms with van der Waals surface area (Å²) in [5, 5.41) is 3.26. The Morgan fingerprint density at radius 1 is 1.35 bits per heavy atom. The molecule has 106 valence electrons. The predicted octanol–water partition coefficient (Wildman–Crippen LogP) is 2.67. The van der Waals surface area contributed by atoms with Gasteiger partial charge >= 0.3 is 0 Å². The first-order valence-electron chi connectivity index (χ1n) is 6.17. The van der Waals surface area contributed by atoms with E-state index in [1.165, 1.54) is 12.1 Å². The fraction of sp³-hybridized carbons (Fsp3) is 0.286. The third kappa shape index (κ3) is 3.96. The van der Waals surface area contributed by atoms with E-state index in [1.807, 2.05) is 6.07 Å². The van der Waals surface area contributed by atoms with Crippen molar-refractivity contribution in [3.8, 4) is 11.4 Å². The number of nitrogens with zero attached hydrogens (tertiary/aromatic N) is 2. The molecule has 1 heterocycles. The van der Waals surface area contributed by atoms with Gasteiger partial charge in [0.1, 0.15) is 5.82 Å². The minimum absolute atomic E-state index is 0.0646. The first-order valence-corrected chi connectivity index (χ1v) is 6.55. The quantitative estimate of drug-likeness (QED) is 0.832. The number of aromatic nitrogens is 2. The number of hydrogen-bond acceptors (Lipinski definition) is 4. The molecule has 2 rings (SSSR count). The van der Waals surface area contributed by atoms with Crippen molar-refractivity contribution < 1.29 is 9.13 Å². The summed E-state index contributed by atoms with van der Waals surface area (Å²) in [7, 11) is 1.66. The fourth-order valence-corrected chi connectivity index (χ4v) is 1.84. The third-order valence-corrected chi connectivity index (χ3v) is 2.97. The van der Waals surface area contributed by atoms with Gasteiger partial charge < -0.3 is 10.1 Å². The van der Waals surface area contributed by atoms with E-state index in [-0.39, 0.29) is 5.02 Å². The Labute approximate surface area is 122 Å². The van der Waals surface area contributed by atoms with Gasteiger partial charge in [0.05, 0.1) is 17.3 Å². The topological polar surface area (TPSA) is 47.0 Å². The van der Waals surface area contributed by atoms with Crippen molar-refractivity contribution in [3.63, 3.8) is 0 Å². The Kier molecular flexibility index (Phi) is 5.40. The molecule has 0 radical (unpaired) electrons. The monoisotopic (exact) mass is 295 g/mol. The molecule has 6 heteroatoms. The molecule has 0 atom stereocenters. The zero-order valence-electron chi connectivity index (χ0n) is 11.1. The summed E-state index contributed by atoms with van der Waals surface area (Å²) >= 11 is 5.77. The summed E-state index contributed by atoms with van der Waals surface area (Å²) in [4.78, 5) is 8.60. The summed E-state index contributed by atoms with van der Waals surface area (Å²) in [5.41, 5.74) is 1.54. The third-order valence-electron chi connectivity index (χ3n) is 2.68. The van der Waals surface area contributed by atoms with Crippen LogP contribution >= 0.6 is 11.6 Å². The van der Waals surface area contributed by atoms with Gasteiger partial charge in [0.2, 0.25) is 0 Å². The van der Waals surface area contributed by atoms with Crippen LogP contribution in [0.3, 0.4) is 0 Å². The van der Waals surface area contributed by atoms with Gasteiger partial charge in [-0.1, -0.05) is 11.6 Å². The molecule has 0 amide bonds. The van der Waals surface area contributed by atoms with Crippen LogP contribution < -0.4 is 5.32 Å². The molecule has 20 heavy (non-hydrogen) atoms. The number of nitrogens with one attached hydrogen (secondary N) is 1. The van der Waals surface area contributed by atoms with Crippen LogP contribution in [0.25, 0.3) is 11.4 Å².